The number of nitrogens with two attached hydrogens (primary N) is 1. The van der Waals surface area contributed by atoms with Crippen molar-refractivity contribution in [1.82, 2.24) is 4.98 Å². The molecule has 24 heavy (non-hydrogen) atoms. The van der Waals surface area contributed by atoms with Crippen molar-refractivity contribution in [3.8, 4) is 11.5 Å². The highest BCUT2D eigenvalue weighted by Gasteiger charge is 2.08. The minimum Gasteiger partial charge on any atom is -0.457 e. The lowest BCUT2D eigenvalue weighted by Crippen LogP contribution is -2.12. The van der Waals surface area contributed by atoms with Gasteiger partial charge < -0.3 is 15.8 Å². The zero-order valence-electron chi connectivity index (χ0n) is 12.6. The van der Waals surface area contributed by atoms with E-state index >= 15 is 0 Å². The molecule has 0 aliphatic heterocycles. The van der Waals surface area contributed by atoms with Gasteiger partial charge in [0.1, 0.15) is 17.3 Å². The minimum atomic E-state index is -0.347. The predicted octanol–water partition coefficient (Wildman–Crippen LogP) is 3.85. The second kappa shape index (κ2) is 6.78. The SMILES string of the molecule is Nc1cc(NC(=O)c2ccncc2)cc(Oc2ccc(F)cc2)c1. The Kier molecular flexibility index (Phi) is 4.38. The van der Waals surface area contributed by atoms with Crippen LogP contribution in [0.1, 0.15) is 10.4 Å². The molecule has 3 aromatic rings. The summed E-state index contributed by atoms with van der Waals surface area (Å²) in [5.41, 5.74) is 7.25. The molecule has 1 heterocycles. The summed E-state index contributed by atoms with van der Waals surface area (Å²) in [5.74, 6) is 0.274. The van der Waals surface area contributed by atoms with Gasteiger partial charge in [-0.1, -0.05) is 0 Å². The average molecular weight is 323 g/mol. The van der Waals surface area contributed by atoms with Crippen molar-refractivity contribution in [3.05, 3.63) is 78.4 Å². The van der Waals surface area contributed by atoms with Gasteiger partial charge in [-0.05, 0) is 42.5 Å². The lowest BCUT2D eigenvalue weighted by molar-refractivity contribution is 0.102. The van der Waals surface area contributed by atoms with E-state index in [0.29, 0.717) is 28.4 Å². The van der Waals surface area contributed by atoms with Crippen molar-refractivity contribution in [2.24, 2.45) is 0 Å². The Morgan fingerprint density at radius 2 is 1.71 bits per heavy atom. The molecule has 6 heteroatoms. The van der Waals surface area contributed by atoms with Gasteiger partial charge in [0.15, 0.2) is 0 Å². The van der Waals surface area contributed by atoms with E-state index in [9.17, 15) is 9.18 Å². The van der Waals surface area contributed by atoms with Crippen LogP contribution < -0.4 is 15.8 Å². The number of ether oxygens (including phenoxy) is 1. The molecule has 1 aromatic heterocycles. The number of anilines is 2. The number of halogens is 1. The first-order chi connectivity index (χ1) is 11.6. The highest BCUT2D eigenvalue weighted by atomic mass is 19.1. The van der Waals surface area contributed by atoms with E-state index in [-0.39, 0.29) is 11.7 Å². The third-order valence-corrected chi connectivity index (χ3v) is 3.18. The first kappa shape index (κ1) is 15.5. The van der Waals surface area contributed by atoms with Crippen molar-refractivity contribution < 1.29 is 13.9 Å². The Balaban J connectivity index is 1.78. The molecule has 0 saturated heterocycles. The maximum atomic E-state index is 12.9. The van der Waals surface area contributed by atoms with Crippen LogP contribution in [0.25, 0.3) is 0 Å². The van der Waals surface area contributed by atoms with Crippen LogP contribution >= 0.6 is 0 Å². The van der Waals surface area contributed by atoms with Crippen LogP contribution in [0.4, 0.5) is 15.8 Å². The first-order valence-electron chi connectivity index (χ1n) is 7.15. The zero-order valence-corrected chi connectivity index (χ0v) is 12.6. The van der Waals surface area contributed by atoms with E-state index in [0.717, 1.165) is 0 Å². The summed E-state index contributed by atoms with van der Waals surface area (Å²) < 4.78 is 18.6. The molecule has 0 fully saturated rings. The Hall–Kier alpha value is -3.41. The van der Waals surface area contributed by atoms with Gasteiger partial charge in [-0.2, -0.15) is 0 Å². The molecule has 5 nitrogen and oxygen atoms in total. The summed E-state index contributed by atoms with van der Waals surface area (Å²) >= 11 is 0. The Morgan fingerprint density at radius 1 is 1.00 bits per heavy atom. The zero-order chi connectivity index (χ0) is 16.9. The van der Waals surface area contributed by atoms with Crippen LogP contribution in [-0.2, 0) is 0 Å². The molecule has 3 N–H and O–H groups in total. The molecule has 0 atom stereocenters. The van der Waals surface area contributed by atoms with Crippen LogP contribution in [0.5, 0.6) is 11.5 Å². The van der Waals surface area contributed by atoms with Gasteiger partial charge in [-0.25, -0.2) is 4.39 Å². The molecule has 3 rings (SSSR count). The third kappa shape index (κ3) is 3.86. The third-order valence-electron chi connectivity index (χ3n) is 3.18. The van der Waals surface area contributed by atoms with Crippen molar-refractivity contribution in [2.75, 3.05) is 11.1 Å². The number of aromatic nitrogens is 1. The molecule has 0 bridgehead atoms. The fourth-order valence-electron chi connectivity index (χ4n) is 2.10. The topological polar surface area (TPSA) is 77.2 Å². The lowest BCUT2D eigenvalue weighted by atomic mass is 10.2. The van der Waals surface area contributed by atoms with E-state index in [2.05, 4.69) is 10.3 Å². The standard InChI is InChI=1S/C18H14FN3O2/c19-13-1-3-16(4-2-13)24-17-10-14(20)9-15(11-17)22-18(23)12-5-7-21-8-6-12/h1-11H,20H2,(H,22,23). The molecule has 0 spiro atoms. The van der Waals surface area contributed by atoms with Gasteiger partial charge >= 0.3 is 0 Å². The predicted molar refractivity (Wildman–Crippen MR) is 89.5 cm³/mol. The molecular formula is C18H14FN3O2. The smallest absolute Gasteiger partial charge is 0.255 e. The molecule has 0 radical (unpaired) electrons. The van der Waals surface area contributed by atoms with Gasteiger partial charge in [0.2, 0.25) is 0 Å². The number of nitrogens with one attached hydrogen (secondary N) is 1. The Labute approximate surface area is 137 Å². The second-order valence-electron chi connectivity index (χ2n) is 5.04. The van der Waals surface area contributed by atoms with Gasteiger partial charge in [-0.15, -0.1) is 0 Å². The number of carbonyl (C=O) groups excluding carboxylic acids is 1. The summed E-state index contributed by atoms with van der Waals surface area (Å²) in [4.78, 5) is 16.0. The van der Waals surface area contributed by atoms with Crippen LogP contribution in [-0.4, -0.2) is 10.9 Å². The molecule has 1 amide bonds. The van der Waals surface area contributed by atoms with Crippen LogP contribution in [0.15, 0.2) is 67.0 Å². The number of nitrogen functional groups attached to an aromatic ring is 1. The minimum absolute atomic E-state index is 0.282. The quantitative estimate of drug-likeness (QED) is 0.715. The summed E-state index contributed by atoms with van der Waals surface area (Å²) in [6.45, 7) is 0. The number of benzene rings is 2. The lowest BCUT2D eigenvalue weighted by Gasteiger charge is -2.10. The van der Waals surface area contributed by atoms with Crippen LogP contribution in [0, 0.1) is 5.82 Å². The van der Waals surface area contributed by atoms with E-state index in [4.69, 9.17) is 10.5 Å². The van der Waals surface area contributed by atoms with Crippen LogP contribution in [0.2, 0.25) is 0 Å². The summed E-state index contributed by atoms with van der Waals surface area (Å²) in [6, 6.07) is 13.7. The maximum Gasteiger partial charge on any atom is 0.255 e. The van der Waals surface area contributed by atoms with Crippen molar-refractivity contribution >= 4 is 17.3 Å². The van der Waals surface area contributed by atoms with Gasteiger partial charge in [-0.3, -0.25) is 9.78 Å². The average Bonchev–Trinajstić information content (AvgIpc) is 2.57. The number of hydrogen-bond acceptors (Lipinski definition) is 4. The summed E-state index contributed by atoms with van der Waals surface area (Å²) in [5, 5.41) is 2.75. The highest BCUT2D eigenvalue weighted by molar-refractivity contribution is 6.04. The molecule has 2 aromatic carbocycles. The number of rotatable bonds is 4. The fourth-order valence-corrected chi connectivity index (χ4v) is 2.10. The number of pyridine rings is 1. The molecular weight excluding hydrogens is 309 g/mol. The Morgan fingerprint density at radius 3 is 2.42 bits per heavy atom. The van der Waals surface area contributed by atoms with E-state index in [1.807, 2.05) is 0 Å². The largest absolute Gasteiger partial charge is 0.457 e. The van der Waals surface area contributed by atoms with Crippen molar-refractivity contribution in [1.29, 1.82) is 0 Å². The normalized spacial score (nSPS) is 10.2. The highest BCUT2D eigenvalue weighted by Crippen LogP contribution is 2.27. The van der Waals surface area contributed by atoms with Crippen molar-refractivity contribution in [3.63, 3.8) is 0 Å². The van der Waals surface area contributed by atoms with E-state index in [1.54, 1.807) is 30.3 Å². The molecule has 120 valence electrons. The number of carbonyl (C=O) groups is 1. The van der Waals surface area contributed by atoms with Gasteiger partial charge in [0.05, 0.1) is 0 Å². The van der Waals surface area contributed by atoms with Gasteiger partial charge in [0.25, 0.3) is 5.91 Å². The van der Waals surface area contributed by atoms with Gasteiger partial charge in [0, 0.05) is 41.5 Å². The maximum absolute atomic E-state index is 12.9. The molecule has 0 saturated carbocycles. The molecule has 0 unspecified atom stereocenters. The number of hydrogen-bond donors (Lipinski definition) is 2. The number of amides is 1. The first-order valence-corrected chi connectivity index (χ1v) is 7.15. The van der Waals surface area contributed by atoms with E-state index in [1.165, 1.54) is 36.7 Å². The molecule has 0 aliphatic rings. The van der Waals surface area contributed by atoms with Crippen LogP contribution in [0.3, 0.4) is 0 Å². The summed E-state index contributed by atoms with van der Waals surface area (Å²) in [6.07, 6.45) is 3.08. The number of nitrogens with zero attached hydrogens (tertiary/aromatic N) is 1. The monoisotopic (exact) mass is 323 g/mol. The van der Waals surface area contributed by atoms with Crippen molar-refractivity contribution in [2.45, 2.75) is 0 Å². The van der Waals surface area contributed by atoms with E-state index < -0.39 is 0 Å². The second-order valence-corrected chi connectivity index (χ2v) is 5.04. The molecule has 0 aliphatic carbocycles. The Bertz CT molecular complexity index is 852. The fraction of sp³-hybridized carbons (Fsp3) is 0. The summed E-state index contributed by atoms with van der Waals surface area (Å²) in [7, 11) is 0.